The van der Waals surface area contributed by atoms with Crippen LogP contribution in [-0.4, -0.2) is 150 Å². The highest BCUT2D eigenvalue weighted by Crippen LogP contribution is 2.38. The lowest BCUT2D eigenvalue weighted by Crippen LogP contribution is -2.50. The molecule has 6 atom stereocenters. The molecule has 0 aliphatic carbocycles. The number of hydrogen-bond donors (Lipinski definition) is 4. The van der Waals surface area contributed by atoms with Crippen LogP contribution in [0, 0.1) is 0 Å². The van der Waals surface area contributed by atoms with Crippen molar-refractivity contribution < 1.29 is 38.4 Å². The maximum atomic E-state index is 12.2. The molecule has 4 aromatic heterocycles. The second-order valence-electron chi connectivity index (χ2n) is 17.1. The van der Waals surface area contributed by atoms with Crippen molar-refractivity contribution in [1.82, 2.24) is 49.8 Å². The van der Waals surface area contributed by atoms with Gasteiger partial charge in [0.05, 0.1) is 17.3 Å². The van der Waals surface area contributed by atoms with Crippen LogP contribution in [-0.2, 0) is 45.1 Å². The van der Waals surface area contributed by atoms with Crippen molar-refractivity contribution in [2.75, 3.05) is 18.2 Å². The third-order valence-electron chi connectivity index (χ3n) is 13.1. The molecule has 0 spiro atoms. The van der Waals surface area contributed by atoms with E-state index < -0.39 is 0 Å². The van der Waals surface area contributed by atoms with Gasteiger partial charge in [-0.05, 0) is 99.9 Å². The summed E-state index contributed by atoms with van der Waals surface area (Å²) >= 11 is 3.21. The van der Waals surface area contributed by atoms with Gasteiger partial charge in [-0.25, -0.2) is 15.0 Å². The monoisotopic (exact) mass is 910 g/mol. The van der Waals surface area contributed by atoms with E-state index in [0.717, 1.165) is 66.7 Å². The van der Waals surface area contributed by atoms with Crippen LogP contribution in [0.5, 0.6) is 0 Å². The molecule has 0 bridgehead atoms. The first kappa shape index (κ1) is 43.5. The fourth-order valence-corrected chi connectivity index (χ4v) is 12.6. The number of hydrazine groups is 2. The fraction of sp³-hybridized carbons (Fsp3) is 0.455. The summed E-state index contributed by atoms with van der Waals surface area (Å²) < 4.78 is 0. The summed E-state index contributed by atoms with van der Waals surface area (Å²) in [5, 5.41) is 6.86. The highest BCUT2D eigenvalue weighted by atomic mass is 32.2. The van der Waals surface area contributed by atoms with Crippen LogP contribution in [0.25, 0.3) is 0 Å². The smallest absolute Gasteiger partial charge is 0.286 e. The Balaban J connectivity index is 0.000000108. The molecule has 336 valence electrons. The Morgan fingerprint density at radius 3 is 1.62 bits per heavy atom. The van der Waals surface area contributed by atoms with Crippen molar-refractivity contribution in [2.45, 2.75) is 108 Å². The third-order valence-corrected chi connectivity index (χ3v) is 15.7. The van der Waals surface area contributed by atoms with Gasteiger partial charge >= 0.3 is 0 Å². The highest BCUT2D eigenvalue weighted by Gasteiger charge is 2.47. The third kappa shape index (κ3) is 7.62. The Hall–Kier alpha value is -5.70. The molecule has 8 aliphatic heterocycles. The Labute approximate surface area is 377 Å². The SMILES string of the molecule is CC(=O)C1CCC2Cc3cc[nH]c3C(=O)N21.CC(=O)C1CCN2Cc3cc[nH]c3C(=O)N12.CC(=O)C1CSC2Cc3cc[nH]c3C(=O)N21.CC(=O)C1SCN2Cc3cc[nH]c3C(=O)N12. The van der Waals surface area contributed by atoms with Crippen LogP contribution in [0.2, 0.25) is 0 Å². The lowest BCUT2D eigenvalue weighted by molar-refractivity contribution is -0.124. The first-order chi connectivity index (χ1) is 30.7. The van der Waals surface area contributed by atoms with E-state index in [1.165, 1.54) is 18.7 Å². The molecule has 0 radical (unpaired) electrons. The summed E-state index contributed by atoms with van der Waals surface area (Å²) in [6.45, 7) is 8.40. The molecule has 4 fully saturated rings. The number of aromatic amines is 4. The molecule has 0 saturated carbocycles. The van der Waals surface area contributed by atoms with E-state index in [1.807, 2.05) is 34.3 Å². The van der Waals surface area contributed by atoms with Crippen LogP contribution >= 0.6 is 23.5 Å². The van der Waals surface area contributed by atoms with Crippen molar-refractivity contribution in [2.24, 2.45) is 0 Å². The predicted octanol–water partition coefficient (Wildman–Crippen LogP) is 3.53. The topological polar surface area (TPSA) is 219 Å². The fourth-order valence-electron chi connectivity index (χ4n) is 10.0. The lowest BCUT2D eigenvalue weighted by atomic mass is 9.99. The molecule has 18 nitrogen and oxygen atoms in total. The number of thioether (sulfide) groups is 2. The molecular formula is C44H50N10O8S2. The average molecular weight is 911 g/mol. The Morgan fingerprint density at radius 2 is 1.05 bits per heavy atom. The van der Waals surface area contributed by atoms with E-state index in [9.17, 15) is 38.4 Å². The van der Waals surface area contributed by atoms with E-state index >= 15 is 0 Å². The summed E-state index contributed by atoms with van der Waals surface area (Å²) in [5.41, 5.74) is 6.76. The summed E-state index contributed by atoms with van der Waals surface area (Å²) in [6, 6.07) is 7.27. The zero-order chi connectivity index (χ0) is 45.1. The molecule has 4 aromatic rings. The number of carbonyl (C=O) groups excluding carboxylic acids is 8. The predicted molar refractivity (Wildman–Crippen MR) is 235 cm³/mol. The maximum absolute atomic E-state index is 12.2. The van der Waals surface area contributed by atoms with Crippen LogP contribution < -0.4 is 0 Å². The zero-order valence-electron chi connectivity index (χ0n) is 35.9. The average Bonchev–Trinajstić information content (AvgIpc) is 4.11. The van der Waals surface area contributed by atoms with Gasteiger partial charge in [-0.15, -0.1) is 23.5 Å². The molecule has 20 heteroatoms. The number of amides is 4. The number of nitrogens with one attached hydrogen (secondary N) is 4. The standard InChI is InChI=1S/C12H14N2O2.C11H13N3O2.C11H12N2O2S.C10H11N3O2S/c1-7(15)10-3-2-9-6-8-4-5-13-11(8)12(16)14(9)10;1-7(15)9-3-5-13-6-8-2-4-12-10(8)11(16)14(9)13;1-6(14)8-5-16-9-4-7-2-3-12-10(7)11(15)13(8)9;1-6(14)10-13-9(15)8-7(2-3-11-8)4-12(13)5-16-10/h4-5,9-10,13H,2-3,6H2,1H3;2,4,9,12H,3,5-6H2,1H3;2-3,8-9,12H,4-5H2,1H3;2-3,10-11H,4-5H2,1H3. The van der Waals surface area contributed by atoms with E-state index in [0.29, 0.717) is 41.7 Å². The second-order valence-corrected chi connectivity index (χ2v) is 19.4. The molecule has 4 saturated heterocycles. The molecule has 6 unspecified atom stereocenters. The normalized spacial score (nSPS) is 26.1. The molecular weight excluding hydrogens is 861 g/mol. The molecule has 4 N–H and O–H groups in total. The summed E-state index contributed by atoms with van der Waals surface area (Å²) in [5.74, 6) is 1.48. The van der Waals surface area contributed by atoms with E-state index in [-0.39, 0.29) is 81.7 Å². The lowest BCUT2D eigenvalue weighted by Gasteiger charge is -2.34. The largest absolute Gasteiger partial charge is 0.357 e. The van der Waals surface area contributed by atoms with Crippen molar-refractivity contribution in [1.29, 1.82) is 0 Å². The van der Waals surface area contributed by atoms with E-state index in [4.69, 9.17) is 0 Å². The van der Waals surface area contributed by atoms with Crippen molar-refractivity contribution in [3.05, 3.63) is 94.1 Å². The van der Waals surface area contributed by atoms with Crippen LogP contribution in [0.15, 0.2) is 49.1 Å². The number of aromatic nitrogens is 4. The molecule has 0 aromatic carbocycles. The van der Waals surface area contributed by atoms with Crippen LogP contribution in [0.3, 0.4) is 0 Å². The number of ketones is 4. The Kier molecular flexibility index (Phi) is 11.8. The Bertz CT molecular complexity index is 2210. The summed E-state index contributed by atoms with van der Waals surface area (Å²) in [4.78, 5) is 110. The molecule has 12 rings (SSSR count). The number of H-pyrrole nitrogens is 4. The summed E-state index contributed by atoms with van der Waals surface area (Å²) in [7, 11) is 0. The quantitative estimate of drug-likeness (QED) is 0.231. The van der Waals surface area contributed by atoms with Gasteiger partial charge in [0.1, 0.15) is 34.9 Å². The van der Waals surface area contributed by atoms with Crippen LogP contribution in [0.1, 0.15) is 111 Å². The van der Waals surface area contributed by atoms with Gasteiger partial charge in [0.25, 0.3) is 23.6 Å². The zero-order valence-corrected chi connectivity index (χ0v) is 37.6. The van der Waals surface area contributed by atoms with E-state index in [1.54, 1.807) is 77.1 Å². The first-order valence-corrected chi connectivity index (χ1v) is 23.5. The number of carbonyl (C=O) groups is 8. The second kappa shape index (κ2) is 17.4. The van der Waals surface area contributed by atoms with Gasteiger partial charge in [0.15, 0.2) is 28.5 Å². The van der Waals surface area contributed by atoms with Gasteiger partial charge in [-0.1, -0.05) is 0 Å². The number of hydrogen-bond acceptors (Lipinski definition) is 12. The minimum atomic E-state index is -0.357. The van der Waals surface area contributed by atoms with Crippen molar-refractivity contribution >= 4 is 70.3 Å². The number of Topliss-reactive ketones (excluding diaryl/α,β-unsaturated/α-hetero) is 4. The van der Waals surface area contributed by atoms with Crippen molar-refractivity contribution in [3.63, 3.8) is 0 Å². The van der Waals surface area contributed by atoms with Gasteiger partial charge in [0, 0.05) is 62.6 Å². The van der Waals surface area contributed by atoms with Gasteiger partial charge < -0.3 is 29.7 Å². The maximum Gasteiger partial charge on any atom is 0.286 e. The number of fused-ring (bicyclic) bond motifs is 8. The van der Waals surface area contributed by atoms with Gasteiger partial charge in [-0.3, -0.25) is 43.4 Å². The van der Waals surface area contributed by atoms with Crippen LogP contribution in [0.4, 0.5) is 0 Å². The summed E-state index contributed by atoms with van der Waals surface area (Å²) in [6.07, 6.45) is 11.4. The van der Waals surface area contributed by atoms with Gasteiger partial charge in [-0.2, -0.15) is 0 Å². The Morgan fingerprint density at radius 1 is 0.531 bits per heavy atom. The molecule has 12 heterocycles. The number of nitrogens with zero attached hydrogens (tertiary/aromatic N) is 6. The molecule has 4 amide bonds. The molecule has 64 heavy (non-hydrogen) atoms. The minimum absolute atomic E-state index is 0.00560. The van der Waals surface area contributed by atoms with Gasteiger partial charge in [0.2, 0.25) is 0 Å². The highest BCUT2D eigenvalue weighted by molar-refractivity contribution is 8.00. The van der Waals surface area contributed by atoms with Crippen molar-refractivity contribution in [3.8, 4) is 0 Å². The van der Waals surface area contributed by atoms with E-state index in [2.05, 4.69) is 19.9 Å². The minimum Gasteiger partial charge on any atom is -0.357 e. The molecule has 8 aliphatic rings. The first-order valence-electron chi connectivity index (χ1n) is 21.5. The number of rotatable bonds is 4.